The topological polar surface area (TPSA) is 21.7 Å². The largest absolute Gasteiger partial charge is 0.308 e. The Balaban J connectivity index is 1.23. The van der Waals surface area contributed by atoms with Crippen LogP contribution in [0.2, 0.25) is 0 Å². The molecule has 1 aliphatic heterocycles. The summed E-state index contributed by atoms with van der Waals surface area (Å²) in [6.45, 7) is 2.15. The molecular weight excluding hydrogens is 607 g/mol. The Bertz CT molecular complexity index is 3110. The standard InChI is InChI=1S/C47H29N3/c1-29-28-38(32-26-24-31(25-27-32)30-12-3-2-4-13-30)33-14-5-7-19-39(33)48-47(29)50-41-21-10-16-35-37-18-9-17-36-34-15-6-8-20-40(34)49(46(36)37)42-22-11-23-43(50)45(42)44(35)41/h2-27H,1H3. The summed E-state index contributed by atoms with van der Waals surface area (Å²) in [6.07, 6.45) is 0. The highest BCUT2D eigenvalue weighted by atomic mass is 15.1. The van der Waals surface area contributed by atoms with Gasteiger partial charge in [-0.25, -0.2) is 4.99 Å². The smallest absolute Gasteiger partial charge is 0.149 e. The predicted octanol–water partition coefficient (Wildman–Crippen LogP) is 12.2. The molecule has 10 aromatic rings. The second-order valence-corrected chi connectivity index (χ2v) is 13.3. The lowest BCUT2D eigenvalue weighted by molar-refractivity contribution is 1.24. The van der Waals surface area contributed by atoms with Crippen molar-refractivity contribution in [3.63, 3.8) is 0 Å². The van der Waals surface area contributed by atoms with Crippen LogP contribution in [0, 0.1) is 0 Å². The van der Waals surface area contributed by atoms with Crippen LogP contribution < -0.4 is 0 Å². The Kier molecular flexibility index (Phi) is 5.55. The van der Waals surface area contributed by atoms with E-state index in [2.05, 4.69) is 179 Å². The first-order valence-corrected chi connectivity index (χ1v) is 17.2. The van der Waals surface area contributed by atoms with E-state index < -0.39 is 0 Å². The average molecular weight is 636 g/mol. The van der Waals surface area contributed by atoms with Gasteiger partial charge in [-0.2, -0.15) is 0 Å². The molecule has 3 nitrogen and oxygen atoms in total. The zero-order valence-corrected chi connectivity index (χ0v) is 27.4. The number of allylic oxidation sites excluding steroid dienone is 1. The summed E-state index contributed by atoms with van der Waals surface area (Å²) in [5.74, 6) is 0.888. The Morgan fingerprint density at radius 3 is 1.90 bits per heavy atom. The monoisotopic (exact) mass is 635 g/mol. The van der Waals surface area contributed by atoms with Crippen molar-refractivity contribution in [2.75, 3.05) is 0 Å². The van der Waals surface area contributed by atoms with E-state index in [1.165, 1.54) is 60.0 Å². The maximum absolute atomic E-state index is 5.48. The quantitative estimate of drug-likeness (QED) is 0.169. The van der Waals surface area contributed by atoms with Crippen LogP contribution in [-0.4, -0.2) is 14.8 Å². The van der Waals surface area contributed by atoms with Gasteiger partial charge in [-0.3, -0.25) is 4.57 Å². The molecule has 1 aliphatic rings. The predicted molar refractivity (Wildman–Crippen MR) is 210 cm³/mol. The lowest BCUT2D eigenvalue weighted by Gasteiger charge is -2.12. The minimum Gasteiger partial charge on any atom is -0.308 e. The molecule has 0 amide bonds. The van der Waals surface area contributed by atoms with Gasteiger partial charge in [-0.05, 0) is 59.3 Å². The van der Waals surface area contributed by atoms with Crippen molar-refractivity contribution in [1.82, 2.24) is 8.97 Å². The maximum atomic E-state index is 5.48. The van der Waals surface area contributed by atoms with Crippen molar-refractivity contribution in [3.8, 4) is 11.1 Å². The third-order valence-corrected chi connectivity index (χ3v) is 10.6. The summed E-state index contributed by atoms with van der Waals surface area (Å²) in [7, 11) is 0. The number of fused-ring (bicyclic) bond motifs is 6. The first kappa shape index (κ1) is 27.3. The number of hydrogen-bond acceptors (Lipinski definition) is 1. The summed E-state index contributed by atoms with van der Waals surface area (Å²) >= 11 is 0. The molecule has 0 fully saturated rings. The van der Waals surface area contributed by atoms with E-state index in [1.807, 2.05) is 0 Å². The number of benzene rings is 7. The van der Waals surface area contributed by atoms with Crippen LogP contribution in [0.4, 0.5) is 5.69 Å². The Morgan fingerprint density at radius 1 is 0.460 bits per heavy atom. The average Bonchev–Trinajstić information content (AvgIpc) is 3.60. The van der Waals surface area contributed by atoms with Crippen LogP contribution in [0.15, 0.2) is 174 Å². The van der Waals surface area contributed by atoms with Crippen molar-refractivity contribution in [1.29, 1.82) is 0 Å². The molecule has 0 saturated carbocycles. The number of hydrogen-bond donors (Lipinski definition) is 0. The number of rotatable bonds is 2. The molecular formula is C47H29N3. The Morgan fingerprint density at radius 2 is 1.04 bits per heavy atom. The first-order chi connectivity index (χ1) is 24.7. The van der Waals surface area contributed by atoms with Crippen LogP contribution in [0.3, 0.4) is 0 Å². The summed E-state index contributed by atoms with van der Waals surface area (Å²) in [4.78, 5) is 5.48. The fraction of sp³-hybridized carbons (Fsp3) is 0.0213. The van der Waals surface area contributed by atoms with Crippen molar-refractivity contribution < 1.29 is 0 Å². The van der Waals surface area contributed by atoms with Crippen LogP contribution in [0.1, 0.15) is 18.1 Å². The maximum Gasteiger partial charge on any atom is 0.149 e. The zero-order valence-electron chi connectivity index (χ0n) is 27.4. The molecule has 50 heavy (non-hydrogen) atoms. The van der Waals surface area contributed by atoms with Crippen LogP contribution in [0.25, 0.3) is 76.6 Å². The van der Waals surface area contributed by atoms with Gasteiger partial charge >= 0.3 is 0 Å². The highest BCUT2D eigenvalue weighted by Crippen LogP contribution is 2.44. The van der Waals surface area contributed by atoms with Crippen molar-refractivity contribution in [2.45, 2.75) is 6.92 Å². The van der Waals surface area contributed by atoms with Gasteiger partial charge in [0.25, 0.3) is 0 Å². The summed E-state index contributed by atoms with van der Waals surface area (Å²) in [5.41, 5.74) is 17.4. The molecule has 0 bridgehead atoms. The Labute approximate surface area is 288 Å². The SMILES string of the molecule is CC1=C=C(c2ccc(-c3ccccc3)cc2)c2ccccc2N=C1n1c2cccc3c4cccc5c6ccccc6n(c6cccc1c6c32)c45. The van der Waals surface area contributed by atoms with Gasteiger partial charge in [-0.1, -0.05) is 127 Å². The number of nitrogens with zero attached hydrogens (tertiary/aromatic N) is 3. The molecule has 0 unspecified atom stereocenters. The van der Waals surface area contributed by atoms with Crippen LogP contribution in [0.5, 0.6) is 0 Å². The van der Waals surface area contributed by atoms with E-state index in [0.717, 1.165) is 44.8 Å². The third kappa shape index (κ3) is 3.67. The number of aliphatic imine (C=N–C) groups is 1. The third-order valence-electron chi connectivity index (χ3n) is 10.6. The summed E-state index contributed by atoms with van der Waals surface area (Å²) in [6, 6.07) is 56.8. The lowest BCUT2D eigenvalue weighted by Crippen LogP contribution is -2.12. The van der Waals surface area contributed by atoms with Gasteiger partial charge in [0.15, 0.2) is 0 Å². The van der Waals surface area contributed by atoms with Crippen molar-refractivity contribution in [3.05, 3.63) is 180 Å². The van der Waals surface area contributed by atoms with Crippen LogP contribution >= 0.6 is 0 Å². The van der Waals surface area contributed by atoms with E-state index in [9.17, 15) is 0 Å². The molecule has 3 aromatic heterocycles. The molecule has 3 heteroatoms. The molecule has 0 radical (unpaired) electrons. The molecule has 4 heterocycles. The molecule has 0 aliphatic carbocycles. The zero-order chi connectivity index (χ0) is 32.9. The van der Waals surface area contributed by atoms with Gasteiger partial charge in [0.2, 0.25) is 0 Å². The van der Waals surface area contributed by atoms with Crippen molar-refractivity contribution in [2.24, 2.45) is 4.99 Å². The number of aromatic nitrogens is 2. The van der Waals surface area contributed by atoms with Gasteiger partial charge in [0, 0.05) is 43.6 Å². The number of para-hydroxylation sites is 3. The summed E-state index contributed by atoms with van der Waals surface area (Å²) < 4.78 is 4.85. The highest BCUT2D eigenvalue weighted by molar-refractivity contribution is 6.33. The Hall–Kier alpha value is -6.67. The van der Waals surface area contributed by atoms with E-state index in [0.29, 0.717) is 0 Å². The minimum atomic E-state index is 0.888. The van der Waals surface area contributed by atoms with Gasteiger partial charge in [0.1, 0.15) is 5.84 Å². The van der Waals surface area contributed by atoms with E-state index in [1.54, 1.807) is 0 Å². The molecule has 232 valence electrons. The highest BCUT2D eigenvalue weighted by Gasteiger charge is 2.24. The van der Waals surface area contributed by atoms with E-state index in [-0.39, 0.29) is 0 Å². The van der Waals surface area contributed by atoms with Crippen molar-refractivity contribution >= 4 is 77.0 Å². The second-order valence-electron chi connectivity index (χ2n) is 13.3. The minimum absolute atomic E-state index is 0.888. The molecule has 7 aromatic carbocycles. The van der Waals surface area contributed by atoms with Crippen LogP contribution in [-0.2, 0) is 0 Å². The van der Waals surface area contributed by atoms with E-state index in [4.69, 9.17) is 4.99 Å². The van der Waals surface area contributed by atoms with E-state index >= 15 is 0 Å². The fourth-order valence-electron chi connectivity index (χ4n) is 8.41. The van der Waals surface area contributed by atoms with Gasteiger partial charge < -0.3 is 4.40 Å². The van der Waals surface area contributed by atoms with Gasteiger partial charge in [0.05, 0.1) is 33.3 Å². The molecule has 11 rings (SSSR count). The summed E-state index contributed by atoms with van der Waals surface area (Å²) in [5, 5.41) is 7.55. The molecule has 0 spiro atoms. The second kappa shape index (κ2) is 10.2. The first-order valence-electron chi connectivity index (χ1n) is 17.2. The molecule has 0 saturated heterocycles. The fourth-order valence-corrected chi connectivity index (χ4v) is 8.41. The normalized spacial score (nSPS) is 13.3. The molecule has 0 N–H and O–H groups in total. The lowest BCUT2D eigenvalue weighted by atomic mass is 9.95. The van der Waals surface area contributed by atoms with Gasteiger partial charge in [-0.15, -0.1) is 5.73 Å². The molecule has 0 atom stereocenters.